The molecule has 3 aromatic rings. The molecular weight excluding hydrogens is 462 g/mol. The van der Waals surface area contributed by atoms with Gasteiger partial charge < -0.3 is 10.2 Å². The molecule has 0 atom stereocenters. The standard InChI is InChI=1S/C23H20BrN3O2S/c1-2-27(18-11-4-3-5-12-18)22(29)16-9-8-10-17(15-16)25-23(30)26-21(28)19-13-6-7-14-20(19)24/h3-15H,2H2,1H3,(H2,25,26,28,30). The van der Waals surface area contributed by atoms with Gasteiger partial charge in [0.1, 0.15) is 0 Å². The largest absolute Gasteiger partial charge is 0.332 e. The van der Waals surface area contributed by atoms with Gasteiger partial charge in [0.2, 0.25) is 0 Å². The van der Waals surface area contributed by atoms with E-state index in [0.29, 0.717) is 27.8 Å². The highest BCUT2D eigenvalue weighted by Crippen LogP contribution is 2.19. The van der Waals surface area contributed by atoms with Gasteiger partial charge in [0.25, 0.3) is 11.8 Å². The van der Waals surface area contributed by atoms with Crippen molar-refractivity contribution in [3.05, 3.63) is 94.5 Å². The molecule has 3 aromatic carbocycles. The number of thiocarbonyl (C=S) groups is 1. The minimum atomic E-state index is -0.326. The number of rotatable bonds is 5. The van der Waals surface area contributed by atoms with E-state index in [-0.39, 0.29) is 16.9 Å². The first-order chi connectivity index (χ1) is 14.5. The number of hydrogen-bond donors (Lipinski definition) is 2. The second-order valence-electron chi connectivity index (χ2n) is 6.35. The Morgan fingerprint density at radius 2 is 1.67 bits per heavy atom. The summed E-state index contributed by atoms with van der Waals surface area (Å²) in [6.07, 6.45) is 0. The van der Waals surface area contributed by atoms with Crippen LogP contribution in [0.2, 0.25) is 0 Å². The highest BCUT2D eigenvalue weighted by Gasteiger charge is 2.17. The van der Waals surface area contributed by atoms with Crippen molar-refractivity contribution >= 4 is 56.4 Å². The van der Waals surface area contributed by atoms with E-state index in [2.05, 4.69) is 26.6 Å². The molecule has 0 aliphatic rings. The molecule has 0 fully saturated rings. The van der Waals surface area contributed by atoms with Crippen molar-refractivity contribution in [2.45, 2.75) is 6.92 Å². The van der Waals surface area contributed by atoms with Crippen LogP contribution in [0, 0.1) is 0 Å². The topological polar surface area (TPSA) is 61.4 Å². The monoisotopic (exact) mass is 481 g/mol. The summed E-state index contributed by atoms with van der Waals surface area (Å²) in [5.41, 5.74) is 2.44. The molecule has 3 rings (SSSR count). The Morgan fingerprint density at radius 3 is 2.37 bits per heavy atom. The van der Waals surface area contributed by atoms with Crippen LogP contribution >= 0.6 is 28.1 Å². The van der Waals surface area contributed by atoms with E-state index < -0.39 is 0 Å². The van der Waals surface area contributed by atoms with Crippen LogP contribution in [-0.4, -0.2) is 23.5 Å². The van der Waals surface area contributed by atoms with E-state index in [1.807, 2.05) is 43.3 Å². The van der Waals surface area contributed by atoms with E-state index in [1.165, 1.54) is 0 Å². The maximum atomic E-state index is 13.0. The first-order valence-electron chi connectivity index (χ1n) is 9.33. The molecular formula is C23H20BrN3O2S. The lowest BCUT2D eigenvalue weighted by molar-refractivity contribution is 0.0972. The van der Waals surface area contributed by atoms with Gasteiger partial charge in [0.15, 0.2) is 5.11 Å². The van der Waals surface area contributed by atoms with Crippen molar-refractivity contribution < 1.29 is 9.59 Å². The van der Waals surface area contributed by atoms with Gasteiger partial charge in [-0.2, -0.15) is 0 Å². The fourth-order valence-corrected chi connectivity index (χ4v) is 3.59. The zero-order valence-electron chi connectivity index (χ0n) is 16.3. The first kappa shape index (κ1) is 21.7. The van der Waals surface area contributed by atoms with E-state index in [9.17, 15) is 9.59 Å². The van der Waals surface area contributed by atoms with Gasteiger partial charge in [-0.3, -0.25) is 14.9 Å². The second-order valence-corrected chi connectivity index (χ2v) is 7.62. The number of benzene rings is 3. The molecule has 5 nitrogen and oxygen atoms in total. The highest BCUT2D eigenvalue weighted by molar-refractivity contribution is 9.10. The molecule has 0 aromatic heterocycles. The molecule has 7 heteroatoms. The van der Waals surface area contributed by atoms with Crippen LogP contribution in [0.3, 0.4) is 0 Å². The average Bonchev–Trinajstić information content (AvgIpc) is 2.75. The fourth-order valence-electron chi connectivity index (χ4n) is 2.92. The third kappa shape index (κ3) is 5.31. The van der Waals surface area contributed by atoms with Crippen molar-refractivity contribution in [3.8, 4) is 0 Å². The average molecular weight is 482 g/mol. The molecule has 0 aliphatic carbocycles. The third-order valence-electron chi connectivity index (χ3n) is 4.34. The zero-order chi connectivity index (χ0) is 21.5. The molecule has 2 N–H and O–H groups in total. The summed E-state index contributed by atoms with van der Waals surface area (Å²) >= 11 is 8.61. The Kier molecular flexibility index (Phi) is 7.32. The quantitative estimate of drug-likeness (QED) is 0.489. The Morgan fingerprint density at radius 1 is 0.967 bits per heavy atom. The molecule has 0 saturated heterocycles. The smallest absolute Gasteiger partial charge is 0.258 e. The number of carbonyl (C=O) groups is 2. The molecule has 0 unspecified atom stereocenters. The number of hydrogen-bond acceptors (Lipinski definition) is 3. The zero-order valence-corrected chi connectivity index (χ0v) is 18.7. The number of para-hydroxylation sites is 1. The molecule has 0 spiro atoms. The Bertz CT molecular complexity index is 1070. The highest BCUT2D eigenvalue weighted by atomic mass is 79.9. The van der Waals surface area contributed by atoms with Crippen molar-refractivity contribution in [1.82, 2.24) is 5.32 Å². The van der Waals surface area contributed by atoms with Crippen LogP contribution in [0.15, 0.2) is 83.3 Å². The molecule has 2 amide bonds. The number of nitrogens with one attached hydrogen (secondary N) is 2. The maximum absolute atomic E-state index is 13.0. The van der Waals surface area contributed by atoms with Crippen LogP contribution in [-0.2, 0) is 0 Å². The number of nitrogens with zero attached hydrogens (tertiary/aromatic N) is 1. The second kappa shape index (κ2) is 10.1. The summed E-state index contributed by atoms with van der Waals surface area (Å²) in [4.78, 5) is 27.1. The third-order valence-corrected chi connectivity index (χ3v) is 5.24. The Balaban J connectivity index is 1.70. The van der Waals surface area contributed by atoms with Gasteiger partial charge >= 0.3 is 0 Å². The molecule has 0 saturated carbocycles. The van der Waals surface area contributed by atoms with Crippen molar-refractivity contribution in [2.75, 3.05) is 16.8 Å². The van der Waals surface area contributed by atoms with Crippen LogP contribution in [0.25, 0.3) is 0 Å². The van der Waals surface area contributed by atoms with Gasteiger partial charge in [-0.25, -0.2) is 0 Å². The molecule has 0 aliphatic heterocycles. The van der Waals surface area contributed by atoms with Crippen LogP contribution in [0.4, 0.5) is 11.4 Å². The normalized spacial score (nSPS) is 10.2. The molecule has 0 radical (unpaired) electrons. The van der Waals surface area contributed by atoms with Crippen LogP contribution in [0.5, 0.6) is 0 Å². The lowest BCUT2D eigenvalue weighted by Crippen LogP contribution is -2.34. The van der Waals surface area contributed by atoms with E-state index >= 15 is 0 Å². The number of carbonyl (C=O) groups excluding carboxylic acids is 2. The predicted molar refractivity (Wildman–Crippen MR) is 128 cm³/mol. The van der Waals surface area contributed by atoms with Crippen molar-refractivity contribution in [1.29, 1.82) is 0 Å². The van der Waals surface area contributed by atoms with Gasteiger partial charge in [-0.1, -0.05) is 36.4 Å². The lowest BCUT2D eigenvalue weighted by Gasteiger charge is -2.21. The lowest BCUT2D eigenvalue weighted by atomic mass is 10.1. The minimum absolute atomic E-state index is 0.115. The number of anilines is 2. The molecule has 0 heterocycles. The summed E-state index contributed by atoms with van der Waals surface area (Å²) in [6, 6.07) is 23.6. The minimum Gasteiger partial charge on any atom is -0.332 e. The SMILES string of the molecule is CCN(C(=O)c1cccc(NC(=S)NC(=O)c2ccccc2Br)c1)c1ccccc1. The molecule has 152 valence electrons. The van der Waals surface area contributed by atoms with Gasteiger partial charge in [-0.05, 0) is 77.5 Å². The Hall–Kier alpha value is -3.03. The predicted octanol–water partition coefficient (Wildman–Crippen LogP) is 5.24. The van der Waals surface area contributed by atoms with Crippen LogP contribution < -0.4 is 15.5 Å². The van der Waals surface area contributed by atoms with E-state index in [0.717, 1.165) is 5.69 Å². The summed E-state index contributed by atoms with van der Waals surface area (Å²) < 4.78 is 0.679. The van der Waals surface area contributed by atoms with Crippen molar-refractivity contribution in [3.63, 3.8) is 0 Å². The number of amides is 2. The Labute approximate surface area is 189 Å². The van der Waals surface area contributed by atoms with Gasteiger partial charge in [0.05, 0.1) is 5.56 Å². The fraction of sp³-hybridized carbons (Fsp3) is 0.0870. The number of halogens is 1. The van der Waals surface area contributed by atoms with E-state index in [4.69, 9.17) is 12.2 Å². The molecule has 30 heavy (non-hydrogen) atoms. The summed E-state index contributed by atoms with van der Waals surface area (Å²) in [5, 5.41) is 5.77. The maximum Gasteiger partial charge on any atom is 0.258 e. The van der Waals surface area contributed by atoms with Gasteiger partial charge in [-0.15, -0.1) is 0 Å². The summed E-state index contributed by atoms with van der Waals surface area (Å²) in [6.45, 7) is 2.47. The summed E-state index contributed by atoms with van der Waals surface area (Å²) in [5.74, 6) is -0.441. The van der Waals surface area contributed by atoms with Crippen molar-refractivity contribution in [2.24, 2.45) is 0 Å². The summed E-state index contributed by atoms with van der Waals surface area (Å²) in [7, 11) is 0. The first-order valence-corrected chi connectivity index (χ1v) is 10.5. The van der Waals surface area contributed by atoms with Gasteiger partial charge in [0, 0.05) is 28.0 Å². The van der Waals surface area contributed by atoms with Crippen LogP contribution in [0.1, 0.15) is 27.6 Å². The molecule has 0 bridgehead atoms. The van der Waals surface area contributed by atoms with E-state index in [1.54, 1.807) is 47.4 Å².